The number of aromatic nitrogens is 1. The quantitative estimate of drug-likeness (QED) is 0.529. The normalized spacial score (nSPS) is 17.6. The molecule has 1 aliphatic rings. The first-order chi connectivity index (χ1) is 9.68. The number of hydrazine groups is 1. The zero-order valence-corrected chi connectivity index (χ0v) is 12.6. The van der Waals surface area contributed by atoms with Crippen LogP contribution in [-0.2, 0) is 0 Å². The van der Waals surface area contributed by atoms with E-state index in [0.717, 1.165) is 31.6 Å². The highest BCUT2D eigenvalue weighted by molar-refractivity contribution is 7.96. The minimum absolute atomic E-state index is 0.359. The van der Waals surface area contributed by atoms with Crippen molar-refractivity contribution in [2.24, 2.45) is 5.10 Å². The van der Waals surface area contributed by atoms with Crippen molar-refractivity contribution in [2.45, 2.75) is 32.6 Å². The van der Waals surface area contributed by atoms with E-state index in [1.807, 2.05) is 30.1 Å². The lowest BCUT2D eigenvalue weighted by molar-refractivity contribution is 0.0313. The lowest BCUT2D eigenvalue weighted by Crippen LogP contribution is -2.42. The molecular weight excluding hydrogens is 272 g/mol. The summed E-state index contributed by atoms with van der Waals surface area (Å²) >= 11 is 3.94. The van der Waals surface area contributed by atoms with Gasteiger partial charge in [0.15, 0.2) is 0 Å². The van der Waals surface area contributed by atoms with Crippen LogP contribution in [-0.4, -0.2) is 39.2 Å². The largest absolute Gasteiger partial charge is 0.313 e. The van der Waals surface area contributed by atoms with Gasteiger partial charge in [-0.15, -0.1) is 5.12 Å². The van der Waals surface area contributed by atoms with E-state index in [1.165, 1.54) is 18.0 Å². The number of carbonyl (C=O) groups is 1. The minimum Gasteiger partial charge on any atom is -0.258 e. The van der Waals surface area contributed by atoms with E-state index in [0.29, 0.717) is 5.71 Å². The number of hydrogen-bond acceptors (Lipinski definition) is 4. The number of hydrazone groups is 1. The van der Waals surface area contributed by atoms with Gasteiger partial charge in [-0.1, -0.05) is 31.5 Å². The van der Waals surface area contributed by atoms with Gasteiger partial charge in [-0.2, -0.15) is 10.1 Å². The van der Waals surface area contributed by atoms with E-state index in [4.69, 9.17) is 0 Å². The van der Waals surface area contributed by atoms with E-state index in [1.54, 1.807) is 6.20 Å². The Balaban J connectivity index is 2.18. The van der Waals surface area contributed by atoms with Crippen LogP contribution in [0.5, 0.6) is 0 Å². The van der Waals surface area contributed by atoms with Crippen molar-refractivity contribution in [1.82, 2.24) is 15.1 Å². The van der Waals surface area contributed by atoms with Gasteiger partial charge in [0.2, 0.25) is 0 Å². The Morgan fingerprint density at radius 2 is 2.00 bits per heavy atom. The van der Waals surface area contributed by atoms with Crippen LogP contribution in [0.15, 0.2) is 29.5 Å². The standard InChI is InChI=1S/C14H20N4OS/c1-12(13-8-4-5-9-15-13)16-18(14(19)20)17-10-6-2-3-7-11-17/h4-5,8-9H,2-3,6-7,10-11H2,1H3,(H,19,20)/b16-12+. The van der Waals surface area contributed by atoms with Crippen LogP contribution in [0, 0.1) is 0 Å². The number of carbonyl (C=O) groups excluding carboxylic acids is 1. The van der Waals surface area contributed by atoms with Crippen LogP contribution in [0.4, 0.5) is 4.79 Å². The van der Waals surface area contributed by atoms with Gasteiger partial charge in [0, 0.05) is 19.3 Å². The van der Waals surface area contributed by atoms with Crippen LogP contribution >= 0.6 is 12.6 Å². The molecule has 0 spiro atoms. The number of rotatable bonds is 3. The Bertz CT molecular complexity index is 469. The third-order valence-corrected chi connectivity index (χ3v) is 3.48. The molecule has 1 aromatic rings. The lowest BCUT2D eigenvalue weighted by atomic mass is 10.2. The Kier molecular flexibility index (Phi) is 5.55. The summed E-state index contributed by atoms with van der Waals surface area (Å²) in [7, 11) is 0. The number of pyridine rings is 1. The third-order valence-electron chi connectivity index (χ3n) is 3.30. The number of nitrogens with zero attached hydrogens (tertiary/aromatic N) is 4. The van der Waals surface area contributed by atoms with Gasteiger partial charge in [0.05, 0.1) is 11.4 Å². The van der Waals surface area contributed by atoms with Crippen LogP contribution in [0.2, 0.25) is 0 Å². The predicted octanol–water partition coefficient (Wildman–Crippen LogP) is 2.95. The van der Waals surface area contributed by atoms with Crippen LogP contribution in [0.25, 0.3) is 0 Å². The second-order valence-electron chi connectivity index (χ2n) is 4.84. The maximum absolute atomic E-state index is 11.7. The Labute approximate surface area is 125 Å². The van der Waals surface area contributed by atoms with Gasteiger partial charge in [-0.25, -0.2) is 0 Å². The summed E-state index contributed by atoms with van der Waals surface area (Å²) in [5.41, 5.74) is 1.47. The molecule has 1 fully saturated rings. The topological polar surface area (TPSA) is 48.8 Å². The van der Waals surface area contributed by atoms with Gasteiger partial charge in [0.1, 0.15) is 0 Å². The van der Waals surface area contributed by atoms with Crippen molar-refractivity contribution in [2.75, 3.05) is 13.1 Å². The zero-order chi connectivity index (χ0) is 14.4. The molecule has 1 aliphatic heterocycles. The maximum Gasteiger partial charge on any atom is 0.313 e. The van der Waals surface area contributed by atoms with Crippen LogP contribution < -0.4 is 0 Å². The van der Waals surface area contributed by atoms with Crippen molar-refractivity contribution >= 4 is 23.6 Å². The van der Waals surface area contributed by atoms with Gasteiger partial charge in [0.25, 0.3) is 0 Å². The Morgan fingerprint density at radius 3 is 2.55 bits per heavy atom. The summed E-state index contributed by atoms with van der Waals surface area (Å²) in [6.07, 6.45) is 6.28. The maximum atomic E-state index is 11.7. The average molecular weight is 292 g/mol. The van der Waals surface area contributed by atoms with Gasteiger partial charge >= 0.3 is 5.24 Å². The fourth-order valence-electron chi connectivity index (χ4n) is 2.24. The smallest absolute Gasteiger partial charge is 0.258 e. The van der Waals surface area contributed by atoms with E-state index >= 15 is 0 Å². The first-order valence-electron chi connectivity index (χ1n) is 6.93. The monoisotopic (exact) mass is 292 g/mol. The molecule has 108 valence electrons. The summed E-state index contributed by atoms with van der Waals surface area (Å²) in [6.45, 7) is 3.53. The number of amides is 1. The molecule has 0 radical (unpaired) electrons. The van der Waals surface area contributed by atoms with Gasteiger partial charge in [-0.3, -0.25) is 9.78 Å². The average Bonchev–Trinajstić information content (AvgIpc) is 2.74. The highest BCUT2D eigenvalue weighted by Crippen LogP contribution is 2.14. The Morgan fingerprint density at radius 1 is 1.30 bits per heavy atom. The van der Waals surface area contributed by atoms with Gasteiger partial charge < -0.3 is 0 Å². The number of thiol groups is 1. The fourth-order valence-corrected chi connectivity index (χ4v) is 2.41. The molecule has 20 heavy (non-hydrogen) atoms. The van der Waals surface area contributed by atoms with E-state index in [-0.39, 0.29) is 5.24 Å². The van der Waals surface area contributed by atoms with Crippen molar-refractivity contribution < 1.29 is 4.79 Å². The predicted molar refractivity (Wildman–Crippen MR) is 82.7 cm³/mol. The molecule has 1 aromatic heterocycles. The van der Waals surface area contributed by atoms with Crippen molar-refractivity contribution in [3.8, 4) is 0 Å². The molecule has 1 saturated heterocycles. The molecule has 0 N–H and O–H groups in total. The molecule has 0 bridgehead atoms. The van der Waals surface area contributed by atoms with Crippen molar-refractivity contribution in [3.63, 3.8) is 0 Å². The molecular formula is C14H20N4OS. The molecule has 5 nitrogen and oxygen atoms in total. The second-order valence-corrected chi connectivity index (χ2v) is 5.22. The third kappa shape index (κ3) is 4.05. The first kappa shape index (κ1) is 15.0. The van der Waals surface area contributed by atoms with E-state index in [2.05, 4.69) is 22.7 Å². The van der Waals surface area contributed by atoms with Gasteiger partial charge in [-0.05, 0) is 31.9 Å². The van der Waals surface area contributed by atoms with Crippen molar-refractivity contribution in [3.05, 3.63) is 30.1 Å². The highest BCUT2D eigenvalue weighted by atomic mass is 32.1. The van der Waals surface area contributed by atoms with E-state index < -0.39 is 0 Å². The highest BCUT2D eigenvalue weighted by Gasteiger charge is 2.20. The second kappa shape index (κ2) is 7.40. The van der Waals surface area contributed by atoms with Crippen LogP contribution in [0.3, 0.4) is 0 Å². The summed E-state index contributed by atoms with van der Waals surface area (Å²) in [6, 6.07) is 5.63. The molecule has 0 atom stereocenters. The molecule has 6 heteroatoms. The van der Waals surface area contributed by atoms with Crippen molar-refractivity contribution in [1.29, 1.82) is 0 Å². The van der Waals surface area contributed by atoms with E-state index in [9.17, 15) is 4.79 Å². The molecule has 0 aliphatic carbocycles. The molecule has 0 saturated carbocycles. The lowest BCUT2D eigenvalue weighted by Gasteiger charge is -2.28. The first-order valence-corrected chi connectivity index (χ1v) is 7.38. The fraction of sp³-hybridized carbons (Fsp3) is 0.500. The summed E-state index contributed by atoms with van der Waals surface area (Å²) in [5, 5.41) is 7.38. The summed E-state index contributed by atoms with van der Waals surface area (Å²) in [5.74, 6) is 0. The number of hydrogen-bond donors (Lipinski definition) is 1. The SMILES string of the molecule is C/C(=N\N(C(=O)S)N1CCCCCC1)c1ccccn1. The molecule has 0 aromatic carbocycles. The molecule has 0 unspecified atom stereocenters. The van der Waals surface area contributed by atoms with Crippen LogP contribution in [0.1, 0.15) is 38.3 Å². The molecule has 1 amide bonds. The molecule has 2 rings (SSSR count). The molecule has 2 heterocycles. The zero-order valence-electron chi connectivity index (χ0n) is 11.7. The summed E-state index contributed by atoms with van der Waals surface area (Å²) < 4.78 is 0. The minimum atomic E-state index is -0.359. The Hall–Kier alpha value is -1.40. The summed E-state index contributed by atoms with van der Waals surface area (Å²) in [4.78, 5) is 16.0.